The zero-order valence-electron chi connectivity index (χ0n) is 7.27. The van der Waals surface area contributed by atoms with Crippen LogP contribution in [-0.2, 0) is 10.0 Å². The van der Waals surface area contributed by atoms with Crippen LogP contribution in [0.3, 0.4) is 0 Å². The fourth-order valence-corrected chi connectivity index (χ4v) is 3.53. The Kier molecular flexibility index (Phi) is 3.17. The van der Waals surface area contributed by atoms with E-state index < -0.39 is 15.4 Å². The van der Waals surface area contributed by atoms with E-state index in [4.69, 9.17) is 16.9 Å². The highest BCUT2D eigenvalue weighted by Crippen LogP contribution is 2.19. The molecule has 0 saturated carbocycles. The maximum absolute atomic E-state index is 11.4. The van der Waals surface area contributed by atoms with Gasteiger partial charge in [-0.2, -0.15) is 9.57 Å². The maximum atomic E-state index is 11.4. The van der Waals surface area contributed by atoms with E-state index in [0.29, 0.717) is 6.54 Å². The van der Waals surface area contributed by atoms with Crippen molar-refractivity contribution in [1.82, 2.24) is 4.31 Å². The summed E-state index contributed by atoms with van der Waals surface area (Å²) in [7, 11) is -3.14. The average molecular weight is 223 g/mol. The van der Waals surface area contributed by atoms with Gasteiger partial charge in [-0.05, 0) is 5.92 Å². The van der Waals surface area contributed by atoms with Crippen LogP contribution in [0.15, 0.2) is 0 Å². The summed E-state index contributed by atoms with van der Waals surface area (Å²) in [5.74, 6) is 0.301. The van der Waals surface area contributed by atoms with Gasteiger partial charge in [-0.1, -0.05) is 6.92 Å². The van der Waals surface area contributed by atoms with E-state index >= 15 is 0 Å². The summed E-state index contributed by atoms with van der Waals surface area (Å²) in [5.41, 5.74) is 0. The molecule has 0 spiro atoms. The maximum Gasteiger partial charge on any atom is 0.214 e. The van der Waals surface area contributed by atoms with Crippen LogP contribution in [0, 0.1) is 17.2 Å². The zero-order valence-corrected chi connectivity index (χ0v) is 8.85. The monoisotopic (exact) mass is 222 g/mol. The van der Waals surface area contributed by atoms with Crippen LogP contribution in [0.2, 0.25) is 0 Å². The van der Waals surface area contributed by atoms with Crippen LogP contribution in [0.4, 0.5) is 0 Å². The van der Waals surface area contributed by atoms with Gasteiger partial charge in [0.2, 0.25) is 10.0 Å². The van der Waals surface area contributed by atoms with Gasteiger partial charge in [0.1, 0.15) is 5.38 Å². The van der Waals surface area contributed by atoms with Crippen LogP contribution in [-0.4, -0.2) is 36.9 Å². The van der Waals surface area contributed by atoms with Gasteiger partial charge in [0.05, 0.1) is 11.8 Å². The predicted octanol–water partition coefficient (Wildman–Crippen LogP) is 0.399. The van der Waals surface area contributed by atoms with E-state index in [1.807, 2.05) is 6.92 Å². The predicted molar refractivity (Wildman–Crippen MR) is 49.8 cm³/mol. The fraction of sp³-hybridized carbons (Fsp3) is 0.857. The molecule has 1 aliphatic heterocycles. The molecule has 4 nitrogen and oxygen atoms in total. The third-order valence-corrected chi connectivity index (χ3v) is 4.22. The highest BCUT2D eigenvalue weighted by Gasteiger charge is 2.34. The zero-order chi connectivity index (χ0) is 10.1. The topological polar surface area (TPSA) is 61.2 Å². The van der Waals surface area contributed by atoms with Crippen LogP contribution < -0.4 is 0 Å². The highest BCUT2D eigenvalue weighted by atomic mass is 35.5. The van der Waals surface area contributed by atoms with E-state index in [1.165, 1.54) is 4.31 Å². The van der Waals surface area contributed by atoms with Gasteiger partial charge in [-0.15, -0.1) is 11.6 Å². The first-order valence-electron chi connectivity index (χ1n) is 3.97. The first-order chi connectivity index (χ1) is 5.95. The normalized spacial score (nSPS) is 29.8. The summed E-state index contributed by atoms with van der Waals surface area (Å²) in [6, 6.07) is 1.80. The average Bonchev–Trinajstić information content (AvgIpc) is 2.24. The number of alkyl halides is 1. The van der Waals surface area contributed by atoms with Gasteiger partial charge >= 0.3 is 0 Å². The lowest BCUT2D eigenvalue weighted by Gasteiger charge is -2.13. The number of halogens is 1. The van der Waals surface area contributed by atoms with Crippen LogP contribution >= 0.6 is 11.6 Å². The van der Waals surface area contributed by atoms with E-state index in [9.17, 15) is 8.42 Å². The van der Waals surface area contributed by atoms with Crippen molar-refractivity contribution in [2.24, 2.45) is 5.92 Å². The van der Waals surface area contributed by atoms with Crippen molar-refractivity contribution in [2.75, 3.05) is 18.8 Å². The minimum Gasteiger partial charge on any atom is -0.212 e. The molecule has 0 aromatic rings. The molecule has 2 atom stereocenters. The summed E-state index contributed by atoms with van der Waals surface area (Å²) in [6.07, 6.45) is 0. The molecular formula is C7H11ClN2O2S. The molecule has 0 radical (unpaired) electrons. The number of rotatable bonds is 2. The second kappa shape index (κ2) is 3.82. The van der Waals surface area contributed by atoms with Gasteiger partial charge < -0.3 is 0 Å². The first-order valence-corrected chi connectivity index (χ1v) is 6.02. The molecule has 1 rings (SSSR count). The number of nitrogens with zero attached hydrogens (tertiary/aromatic N) is 2. The van der Waals surface area contributed by atoms with Gasteiger partial charge in [0.25, 0.3) is 0 Å². The van der Waals surface area contributed by atoms with Crippen molar-refractivity contribution in [3.63, 3.8) is 0 Å². The Morgan fingerprint density at radius 2 is 2.38 bits per heavy atom. The molecule has 2 unspecified atom stereocenters. The van der Waals surface area contributed by atoms with E-state index in [-0.39, 0.29) is 18.2 Å². The Morgan fingerprint density at radius 1 is 1.77 bits per heavy atom. The smallest absolute Gasteiger partial charge is 0.212 e. The minimum absolute atomic E-state index is 0.102. The lowest BCUT2D eigenvalue weighted by Crippen LogP contribution is -2.31. The van der Waals surface area contributed by atoms with Gasteiger partial charge in [0.15, 0.2) is 0 Å². The van der Waals surface area contributed by atoms with E-state index in [0.717, 1.165) is 0 Å². The Balaban J connectivity index is 2.67. The molecule has 6 heteroatoms. The second-order valence-corrected chi connectivity index (χ2v) is 5.84. The minimum atomic E-state index is -3.14. The lowest BCUT2D eigenvalue weighted by molar-refractivity contribution is 0.422. The van der Waals surface area contributed by atoms with Crippen molar-refractivity contribution in [2.45, 2.75) is 12.3 Å². The second-order valence-electron chi connectivity index (χ2n) is 3.30. The molecule has 0 aliphatic carbocycles. The molecule has 1 heterocycles. The number of hydrogen-bond acceptors (Lipinski definition) is 3. The summed E-state index contributed by atoms with van der Waals surface area (Å²) in [4.78, 5) is 0. The molecule has 0 aromatic carbocycles. The van der Waals surface area contributed by atoms with Gasteiger partial charge in [-0.25, -0.2) is 8.42 Å². The first kappa shape index (κ1) is 10.8. The Hall–Kier alpha value is -0.310. The van der Waals surface area contributed by atoms with Gasteiger partial charge in [0, 0.05) is 13.1 Å². The Labute approximate surface area is 83.1 Å². The standard InChI is InChI=1S/C7H11ClN2O2S/c1-6-3-10(4-7(8)2-9)13(11,12)5-6/h6-7H,3-5H2,1H3. The van der Waals surface area contributed by atoms with Crippen LogP contribution in [0.5, 0.6) is 0 Å². The van der Waals surface area contributed by atoms with Crippen LogP contribution in [0.1, 0.15) is 6.92 Å². The molecular weight excluding hydrogens is 212 g/mol. The molecule has 0 N–H and O–H groups in total. The number of nitriles is 1. The molecule has 13 heavy (non-hydrogen) atoms. The van der Waals surface area contributed by atoms with Gasteiger partial charge in [-0.3, -0.25) is 0 Å². The summed E-state index contributed by atoms with van der Waals surface area (Å²) in [5, 5.41) is 7.68. The largest absolute Gasteiger partial charge is 0.214 e. The van der Waals surface area contributed by atoms with Crippen molar-refractivity contribution >= 4 is 21.6 Å². The fourth-order valence-electron chi connectivity index (χ4n) is 1.39. The molecule has 0 amide bonds. The lowest BCUT2D eigenvalue weighted by atomic mass is 10.2. The quantitative estimate of drug-likeness (QED) is 0.636. The summed E-state index contributed by atoms with van der Waals surface area (Å²) in [6.45, 7) is 2.45. The summed E-state index contributed by atoms with van der Waals surface area (Å²) < 4.78 is 24.1. The van der Waals surface area contributed by atoms with Crippen LogP contribution in [0.25, 0.3) is 0 Å². The Morgan fingerprint density at radius 3 is 2.77 bits per heavy atom. The molecule has 0 aromatic heterocycles. The van der Waals surface area contributed by atoms with E-state index in [2.05, 4.69) is 0 Å². The third-order valence-electron chi connectivity index (χ3n) is 1.91. The SMILES string of the molecule is CC1CN(CC(Cl)C#N)S(=O)(=O)C1. The van der Waals surface area contributed by atoms with Crippen molar-refractivity contribution in [3.8, 4) is 6.07 Å². The molecule has 0 bridgehead atoms. The third kappa shape index (κ3) is 2.56. The highest BCUT2D eigenvalue weighted by molar-refractivity contribution is 7.89. The van der Waals surface area contributed by atoms with Crippen molar-refractivity contribution in [1.29, 1.82) is 5.26 Å². The Bertz CT molecular complexity index is 322. The molecule has 74 valence electrons. The van der Waals surface area contributed by atoms with Crippen molar-refractivity contribution < 1.29 is 8.42 Å². The van der Waals surface area contributed by atoms with Crippen molar-refractivity contribution in [3.05, 3.63) is 0 Å². The molecule has 1 aliphatic rings. The number of hydrogen-bond donors (Lipinski definition) is 0. The summed E-state index contributed by atoms with van der Waals surface area (Å²) >= 11 is 5.55. The number of sulfonamides is 1. The van der Waals surface area contributed by atoms with E-state index in [1.54, 1.807) is 6.07 Å². The molecule has 1 saturated heterocycles. The molecule has 1 fully saturated rings.